The molecule has 0 radical (unpaired) electrons. The van der Waals surface area contributed by atoms with Gasteiger partial charge in [0.2, 0.25) is 5.91 Å². The number of hydrogen-bond acceptors (Lipinski definition) is 6. The van der Waals surface area contributed by atoms with Crippen LogP contribution in [-0.2, 0) is 19.1 Å². The topological polar surface area (TPSA) is 87.2 Å². The van der Waals surface area contributed by atoms with Crippen LogP contribution in [0.4, 0.5) is 5.69 Å². The Hall–Kier alpha value is -2.29. The molecule has 1 spiro atoms. The standard InChI is InChI=1S/C27H33ClN2O5S/c1-5-7-14-35-26(34)20-19-11-12-27(36-19)21(20)24(32)30(17(4)15-31)23(27)25(33)29(13-6-2)22-16(3)9-8-10-18(22)28/h5-6,8-10,17,19-21,23,31H,1-2,7,11-15H2,3-4H3/t17-,19+,20-,21+,23?,27?/m1/s1. The second-order valence-corrected chi connectivity index (χ2v) is 11.7. The Labute approximate surface area is 221 Å². The lowest BCUT2D eigenvalue weighted by Gasteiger charge is -2.39. The van der Waals surface area contributed by atoms with Gasteiger partial charge in [0.25, 0.3) is 5.91 Å². The Morgan fingerprint density at radius 3 is 2.78 bits per heavy atom. The van der Waals surface area contributed by atoms with Crippen LogP contribution >= 0.6 is 23.4 Å². The van der Waals surface area contributed by atoms with Gasteiger partial charge in [0.15, 0.2) is 0 Å². The van der Waals surface area contributed by atoms with E-state index in [1.54, 1.807) is 41.8 Å². The fraction of sp³-hybridized carbons (Fsp3) is 0.519. The number of aliphatic hydroxyl groups is 1. The summed E-state index contributed by atoms with van der Waals surface area (Å²) in [6.07, 6.45) is 5.18. The highest BCUT2D eigenvalue weighted by Crippen LogP contribution is 2.67. The molecule has 3 heterocycles. The first-order valence-electron chi connectivity index (χ1n) is 12.3. The first-order chi connectivity index (χ1) is 17.2. The van der Waals surface area contributed by atoms with E-state index in [4.69, 9.17) is 16.3 Å². The highest BCUT2D eigenvalue weighted by Gasteiger charge is 2.74. The average molecular weight is 533 g/mol. The Kier molecular flexibility index (Phi) is 7.88. The number of aliphatic hydroxyl groups excluding tert-OH is 1. The summed E-state index contributed by atoms with van der Waals surface area (Å²) < 4.78 is 4.73. The van der Waals surface area contributed by atoms with Crippen LogP contribution in [0, 0.1) is 18.8 Å². The molecule has 0 saturated carbocycles. The summed E-state index contributed by atoms with van der Waals surface area (Å²) in [5.74, 6) is -2.26. The number of fused-ring (bicyclic) bond motifs is 1. The number of likely N-dealkylation sites (tertiary alicyclic amines) is 1. The van der Waals surface area contributed by atoms with Crippen molar-refractivity contribution in [1.82, 2.24) is 4.90 Å². The second kappa shape index (κ2) is 10.6. The molecule has 1 N–H and O–H groups in total. The number of thioether (sulfide) groups is 1. The summed E-state index contributed by atoms with van der Waals surface area (Å²) in [4.78, 5) is 44.6. The van der Waals surface area contributed by atoms with Gasteiger partial charge in [-0.3, -0.25) is 14.4 Å². The highest BCUT2D eigenvalue weighted by atomic mass is 35.5. The second-order valence-electron chi connectivity index (χ2n) is 9.72. The van der Waals surface area contributed by atoms with Crippen molar-refractivity contribution in [3.63, 3.8) is 0 Å². The van der Waals surface area contributed by atoms with Gasteiger partial charge in [-0.15, -0.1) is 24.9 Å². The number of halogens is 1. The molecule has 2 amide bonds. The number of anilines is 1. The monoisotopic (exact) mass is 532 g/mol. The van der Waals surface area contributed by atoms with Gasteiger partial charge >= 0.3 is 5.97 Å². The van der Waals surface area contributed by atoms with E-state index in [0.29, 0.717) is 30.0 Å². The minimum absolute atomic E-state index is 0.0908. The van der Waals surface area contributed by atoms with E-state index in [1.165, 1.54) is 4.90 Å². The minimum Gasteiger partial charge on any atom is -0.465 e. The summed E-state index contributed by atoms with van der Waals surface area (Å²) in [7, 11) is 0. The minimum atomic E-state index is -0.853. The number of ether oxygens (including phenoxy) is 1. The number of rotatable bonds is 10. The van der Waals surface area contributed by atoms with Crippen LogP contribution < -0.4 is 4.90 Å². The van der Waals surface area contributed by atoms with Gasteiger partial charge < -0.3 is 19.6 Å². The number of carbonyl (C=O) groups is 3. The lowest BCUT2D eigenvalue weighted by Crippen LogP contribution is -2.57. The van der Waals surface area contributed by atoms with E-state index in [0.717, 1.165) is 5.56 Å². The number of nitrogens with zero attached hydrogens (tertiary/aromatic N) is 2. The van der Waals surface area contributed by atoms with Crippen LogP contribution in [0.25, 0.3) is 0 Å². The van der Waals surface area contributed by atoms with E-state index in [2.05, 4.69) is 13.2 Å². The molecule has 1 aromatic rings. The highest BCUT2D eigenvalue weighted by molar-refractivity contribution is 8.02. The number of benzene rings is 1. The molecule has 0 aromatic heterocycles. The van der Waals surface area contributed by atoms with Crippen molar-refractivity contribution in [2.24, 2.45) is 11.8 Å². The van der Waals surface area contributed by atoms with Crippen molar-refractivity contribution in [1.29, 1.82) is 0 Å². The molecular weight excluding hydrogens is 500 g/mol. The van der Waals surface area contributed by atoms with Gasteiger partial charge in [0.05, 0.1) is 46.5 Å². The quantitative estimate of drug-likeness (QED) is 0.280. The molecule has 3 aliphatic heterocycles. The molecule has 9 heteroatoms. The number of aryl methyl sites for hydroxylation is 1. The number of amides is 2. The van der Waals surface area contributed by atoms with E-state index in [-0.39, 0.29) is 36.8 Å². The first-order valence-corrected chi connectivity index (χ1v) is 13.5. The lowest BCUT2D eigenvalue weighted by atomic mass is 9.71. The zero-order valence-corrected chi connectivity index (χ0v) is 22.3. The van der Waals surface area contributed by atoms with Crippen molar-refractivity contribution in [3.05, 3.63) is 54.1 Å². The van der Waals surface area contributed by atoms with Crippen molar-refractivity contribution >= 4 is 46.8 Å². The van der Waals surface area contributed by atoms with Gasteiger partial charge in [0.1, 0.15) is 6.04 Å². The van der Waals surface area contributed by atoms with Gasteiger partial charge in [-0.05, 0) is 44.7 Å². The van der Waals surface area contributed by atoms with Gasteiger partial charge in [-0.25, -0.2) is 0 Å². The fourth-order valence-electron chi connectivity index (χ4n) is 6.07. The zero-order chi connectivity index (χ0) is 26.2. The summed E-state index contributed by atoms with van der Waals surface area (Å²) in [5, 5.41) is 10.4. The maximum absolute atomic E-state index is 14.4. The van der Waals surface area contributed by atoms with E-state index in [9.17, 15) is 19.5 Å². The Balaban J connectivity index is 1.78. The molecule has 1 aromatic carbocycles. The van der Waals surface area contributed by atoms with Crippen LogP contribution in [0.3, 0.4) is 0 Å². The smallest absolute Gasteiger partial charge is 0.310 e. The molecule has 2 bridgehead atoms. The Morgan fingerprint density at radius 1 is 1.39 bits per heavy atom. The molecular formula is C27H33ClN2O5S. The van der Waals surface area contributed by atoms with Crippen LogP contribution in [-0.4, -0.2) is 69.6 Å². The van der Waals surface area contributed by atoms with Gasteiger partial charge in [-0.1, -0.05) is 35.9 Å². The third kappa shape index (κ3) is 4.17. The normalized spacial score (nSPS) is 29.1. The third-order valence-corrected chi connectivity index (χ3v) is 9.84. The third-order valence-electron chi connectivity index (χ3n) is 7.59. The zero-order valence-electron chi connectivity index (χ0n) is 20.7. The van der Waals surface area contributed by atoms with Crippen molar-refractivity contribution in [2.75, 3.05) is 24.7 Å². The average Bonchev–Trinajstić information content (AvgIpc) is 3.50. The summed E-state index contributed by atoms with van der Waals surface area (Å²) in [5.41, 5.74) is 1.40. The number of hydrogen-bond donors (Lipinski definition) is 1. The summed E-state index contributed by atoms with van der Waals surface area (Å²) in [6, 6.07) is 3.98. The van der Waals surface area contributed by atoms with Gasteiger partial charge in [-0.2, -0.15) is 0 Å². The van der Waals surface area contributed by atoms with E-state index < -0.39 is 34.6 Å². The lowest BCUT2D eigenvalue weighted by molar-refractivity contribution is -0.154. The van der Waals surface area contributed by atoms with Crippen LogP contribution in [0.5, 0.6) is 0 Å². The number of para-hydroxylation sites is 1. The predicted molar refractivity (Wildman–Crippen MR) is 142 cm³/mol. The van der Waals surface area contributed by atoms with Crippen molar-refractivity contribution < 1.29 is 24.2 Å². The molecule has 7 nitrogen and oxygen atoms in total. The molecule has 4 rings (SSSR count). The van der Waals surface area contributed by atoms with Crippen molar-refractivity contribution in [3.8, 4) is 0 Å². The summed E-state index contributed by atoms with van der Waals surface area (Å²) >= 11 is 8.12. The van der Waals surface area contributed by atoms with Crippen molar-refractivity contribution in [2.45, 2.75) is 55.2 Å². The van der Waals surface area contributed by atoms with Crippen LogP contribution in [0.15, 0.2) is 43.5 Å². The molecule has 36 heavy (non-hydrogen) atoms. The van der Waals surface area contributed by atoms with Crippen LogP contribution in [0.1, 0.15) is 31.7 Å². The largest absolute Gasteiger partial charge is 0.465 e. The first kappa shape index (κ1) is 26.8. The predicted octanol–water partition coefficient (Wildman–Crippen LogP) is 3.76. The summed E-state index contributed by atoms with van der Waals surface area (Å²) in [6.45, 7) is 11.2. The molecule has 3 saturated heterocycles. The molecule has 6 atom stereocenters. The molecule has 3 aliphatic rings. The van der Waals surface area contributed by atoms with E-state index in [1.807, 2.05) is 19.1 Å². The molecule has 3 fully saturated rings. The number of esters is 1. The van der Waals surface area contributed by atoms with Crippen LogP contribution in [0.2, 0.25) is 5.02 Å². The maximum Gasteiger partial charge on any atom is 0.310 e. The molecule has 2 unspecified atom stereocenters. The fourth-order valence-corrected chi connectivity index (χ4v) is 8.58. The Morgan fingerprint density at radius 2 is 2.14 bits per heavy atom. The molecule has 0 aliphatic carbocycles. The van der Waals surface area contributed by atoms with Gasteiger partial charge in [0, 0.05) is 11.8 Å². The maximum atomic E-state index is 14.4. The number of carbonyl (C=O) groups excluding carboxylic acids is 3. The molecule has 194 valence electrons. The Bertz CT molecular complexity index is 1060. The van der Waals surface area contributed by atoms with E-state index >= 15 is 0 Å². The SMILES string of the molecule is C=CCCOC(=O)[C@@H]1[C@@H]2CCC3(S2)C(C(=O)N(CC=C)c2c(C)cccc2Cl)N([C@H](C)CO)C(=O)[C@H]13.